The molecule has 0 saturated heterocycles. The Morgan fingerprint density at radius 1 is 0.459 bits per heavy atom. The third-order valence-electron chi connectivity index (χ3n) is 5.62. The fourth-order valence-electron chi connectivity index (χ4n) is 3.92. The average Bonchev–Trinajstić information content (AvgIpc) is 2.88. The van der Waals surface area contributed by atoms with Crippen molar-refractivity contribution in [1.29, 1.82) is 0 Å². The molecule has 0 aliphatic rings. The van der Waals surface area contributed by atoms with Gasteiger partial charge in [-0.25, -0.2) is 0 Å². The Morgan fingerprint density at radius 3 is 0.865 bits per heavy atom. The van der Waals surface area contributed by atoms with E-state index in [0.29, 0.717) is 8.93 Å². The van der Waals surface area contributed by atoms with E-state index >= 15 is 0 Å². The van der Waals surface area contributed by atoms with Gasteiger partial charge in [0, 0.05) is 40.8 Å². The molecule has 0 radical (unpaired) electrons. The summed E-state index contributed by atoms with van der Waals surface area (Å²) in [5.41, 5.74) is 0. The summed E-state index contributed by atoms with van der Waals surface area (Å²) in [7, 11) is 27.1. The van der Waals surface area contributed by atoms with Gasteiger partial charge in [0.2, 0.25) is 0 Å². The number of hydrogen-bond acceptors (Lipinski definition) is 0. The van der Waals surface area contributed by atoms with Crippen LogP contribution in [0.1, 0.15) is 0 Å². The zero-order chi connectivity index (χ0) is 25.0. The molecular formula is C26H24Cl5FeP2Pd2Ti. The van der Waals surface area contributed by atoms with Crippen LogP contribution >= 0.6 is 64.0 Å². The number of hydrogen-bond donors (Lipinski definition) is 0. The van der Waals surface area contributed by atoms with Crippen LogP contribution in [0, 0.1) is 0 Å². The van der Waals surface area contributed by atoms with Crippen LogP contribution in [0.5, 0.6) is 0 Å². The first-order valence-corrected chi connectivity index (χ1v) is 28.5. The van der Waals surface area contributed by atoms with Crippen LogP contribution in [0.2, 0.25) is 0 Å². The second kappa shape index (κ2) is 14.3. The Kier molecular flexibility index (Phi) is 13.5. The molecule has 0 aromatic heterocycles. The van der Waals surface area contributed by atoms with E-state index in [4.69, 9.17) is 48.1 Å². The molecule has 0 amide bonds. The first kappa shape index (κ1) is 34.9. The first-order valence-electron chi connectivity index (χ1n) is 10.9. The first-order chi connectivity index (χ1) is 16.6. The molecule has 0 unspecified atom stereocenters. The summed E-state index contributed by atoms with van der Waals surface area (Å²) >= 11 is 0. The zero-order valence-electron chi connectivity index (χ0n) is 19.2. The van der Waals surface area contributed by atoms with Gasteiger partial charge in [0.25, 0.3) is 0 Å². The summed E-state index contributed by atoms with van der Waals surface area (Å²) in [5.74, 6) is 0. The second-order valence-corrected chi connectivity index (χ2v) is 55.9. The Labute approximate surface area is 270 Å². The Hall–Kier alpha value is 1.75. The van der Waals surface area contributed by atoms with E-state index in [1.165, 1.54) is 0 Å². The summed E-state index contributed by atoms with van der Waals surface area (Å²) < 4.78 is 0.777. The maximum Gasteiger partial charge on any atom is 0 e. The maximum absolute atomic E-state index is 7.70. The third kappa shape index (κ3) is 8.87. The van der Waals surface area contributed by atoms with Gasteiger partial charge in [-0.15, -0.1) is 0 Å². The Morgan fingerprint density at radius 2 is 0.676 bits per heavy atom. The van der Waals surface area contributed by atoms with Crippen molar-refractivity contribution in [2.75, 3.05) is 8.93 Å². The molecule has 0 nitrogen and oxygen atoms in total. The topological polar surface area (TPSA) is 0 Å². The summed E-state index contributed by atoms with van der Waals surface area (Å²) in [4.78, 5) is 0. The van der Waals surface area contributed by atoms with Crippen LogP contribution in [-0.4, -0.2) is 8.93 Å². The van der Waals surface area contributed by atoms with E-state index in [9.17, 15) is 0 Å². The molecule has 205 valence electrons. The standard InChI is InChI=1S/2C13H12P.5ClH.Fe.2Pd.Ti/c2*1-14(12-8-4-2-5-9-12)13-10-6-3-7-11-13;;;;;;;;;/h2*2-11H,1H2;5*1H;;;;/q;;;;;;;+2;;;+3/p-5. The predicted octanol–water partition coefficient (Wildman–Crippen LogP) is 8.69. The molecule has 0 spiro atoms. The number of rotatable bonds is 9. The molecule has 0 heterocycles. The van der Waals surface area contributed by atoms with Gasteiger partial charge < -0.3 is 0 Å². The van der Waals surface area contributed by atoms with E-state index in [2.05, 4.69) is 48.5 Å². The van der Waals surface area contributed by atoms with Crippen LogP contribution in [0.15, 0.2) is 121 Å². The summed E-state index contributed by atoms with van der Waals surface area (Å²) in [6.07, 6.45) is 0. The van der Waals surface area contributed by atoms with Gasteiger partial charge in [0.1, 0.15) is 0 Å². The Bertz CT molecular complexity index is 1090. The van der Waals surface area contributed by atoms with Gasteiger partial charge in [-0.05, 0) is 0 Å². The van der Waals surface area contributed by atoms with E-state index in [0.717, 1.165) is 21.2 Å². The van der Waals surface area contributed by atoms with Crippen molar-refractivity contribution < 1.29 is 58.9 Å². The van der Waals surface area contributed by atoms with Gasteiger partial charge in [0.05, 0.1) is 0 Å². The van der Waals surface area contributed by atoms with Gasteiger partial charge in [0.15, 0.2) is 0 Å². The molecule has 0 aliphatic carbocycles. The quantitative estimate of drug-likeness (QED) is 0.117. The molecule has 0 aliphatic heterocycles. The fourth-order valence-corrected chi connectivity index (χ4v) is 46.5. The van der Waals surface area contributed by atoms with Crippen molar-refractivity contribution in [1.82, 2.24) is 0 Å². The smallest absolute Gasteiger partial charge is 0 e. The molecule has 0 bridgehead atoms. The third-order valence-corrected chi connectivity index (χ3v) is 66.5. The maximum atomic E-state index is 7.70. The monoisotopic (exact) mass is 889 g/mol. The predicted molar refractivity (Wildman–Crippen MR) is 157 cm³/mol. The molecular weight excluding hydrogens is 868 g/mol. The molecule has 37 heavy (non-hydrogen) atoms. The summed E-state index contributed by atoms with van der Waals surface area (Å²) in [6, 6.07) is 41.2. The van der Waals surface area contributed by atoms with Crippen LogP contribution < -0.4 is 21.2 Å². The van der Waals surface area contributed by atoms with Crippen molar-refractivity contribution in [2.45, 2.75) is 0 Å². The molecule has 11 heteroatoms. The van der Waals surface area contributed by atoms with Crippen LogP contribution in [0.25, 0.3) is 0 Å². The van der Waals surface area contributed by atoms with Gasteiger partial charge >= 0.3 is 233 Å². The molecule has 0 fully saturated rings. The van der Waals surface area contributed by atoms with Gasteiger partial charge in [-0.1, -0.05) is 0 Å². The van der Waals surface area contributed by atoms with E-state index in [1.54, 1.807) is 0 Å². The fraction of sp³-hybridized carbons (Fsp3) is 0.0769. The minimum absolute atomic E-state index is 0. The average molecular weight is 892 g/mol. The molecule has 4 rings (SSSR count). The van der Waals surface area contributed by atoms with Crippen LogP contribution in [0.4, 0.5) is 0 Å². The zero-order valence-corrected chi connectivity index (χ0v) is 30.6. The Balaban J connectivity index is 0.00000241. The summed E-state index contributed by atoms with van der Waals surface area (Å²) in [5, 5.41) is 4.62. The van der Waals surface area contributed by atoms with Crippen LogP contribution in [-0.2, 0) is 58.9 Å². The minimum atomic E-state index is -5.63. The normalized spacial score (nSPS) is 13.6. The van der Waals surface area contributed by atoms with Crippen molar-refractivity contribution in [2.24, 2.45) is 0 Å². The van der Waals surface area contributed by atoms with Crippen molar-refractivity contribution >= 4 is 85.2 Å². The molecule has 0 saturated carbocycles. The molecule has 0 atom stereocenters. The largest absolute Gasteiger partial charge is 0 e. The van der Waals surface area contributed by atoms with Gasteiger partial charge in [-0.3, -0.25) is 0 Å². The summed E-state index contributed by atoms with van der Waals surface area (Å²) in [6.45, 7) is 0. The van der Waals surface area contributed by atoms with E-state index in [-0.39, 0.29) is 40.8 Å². The molecule has 0 N–H and O–H groups in total. The molecule has 4 aromatic carbocycles. The second-order valence-electron chi connectivity index (χ2n) is 8.42. The number of benzene rings is 4. The van der Waals surface area contributed by atoms with E-state index < -0.39 is 33.9 Å². The van der Waals surface area contributed by atoms with E-state index in [1.807, 2.05) is 72.8 Å². The van der Waals surface area contributed by atoms with Crippen molar-refractivity contribution in [3.63, 3.8) is 0 Å². The van der Waals surface area contributed by atoms with Crippen LogP contribution in [0.3, 0.4) is 0 Å². The van der Waals surface area contributed by atoms with Crippen molar-refractivity contribution in [3.05, 3.63) is 121 Å². The minimum Gasteiger partial charge on any atom is 0 e. The van der Waals surface area contributed by atoms with Crippen molar-refractivity contribution in [3.8, 4) is 0 Å². The number of halogens is 5. The SMILES string of the molecule is [Cl][Fe]([Cl])[Ti]([Cl])([Cl])([Cl])([CH2]P(c1ccccc1)c1ccccc1)[CH2]P(c1ccccc1)c1ccccc1.[Pd].[Pd]. The van der Waals surface area contributed by atoms with Gasteiger partial charge in [-0.2, -0.15) is 0 Å². The molecule has 4 aromatic rings.